The second-order valence-electron chi connectivity index (χ2n) is 4.07. The Morgan fingerprint density at radius 1 is 1.26 bits per heavy atom. The van der Waals surface area contributed by atoms with Gasteiger partial charge in [-0.05, 0) is 20.8 Å². The molecular formula is C10H16F3N5O. The second kappa shape index (κ2) is 5.89. The summed E-state index contributed by atoms with van der Waals surface area (Å²) in [6.07, 6.45) is -4.57. The minimum Gasteiger partial charge on any atom is -0.461 e. The van der Waals surface area contributed by atoms with Crippen molar-refractivity contribution in [3.63, 3.8) is 0 Å². The van der Waals surface area contributed by atoms with Gasteiger partial charge in [-0.3, -0.25) is 0 Å². The zero-order valence-corrected chi connectivity index (χ0v) is 10.9. The van der Waals surface area contributed by atoms with Crippen molar-refractivity contribution in [1.82, 2.24) is 15.0 Å². The van der Waals surface area contributed by atoms with E-state index in [1.807, 2.05) is 0 Å². The number of ether oxygens (including phenoxy) is 1. The highest BCUT2D eigenvalue weighted by atomic mass is 19.4. The summed E-state index contributed by atoms with van der Waals surface area (Å²) in [6, 6.07) is -0.0851. The molecule has 1 rings (SSSR count). The highest BCUT2D eigenvalue weighted by Gasteiger charge is 2.31. The van der Waals surface area contributed by atoms with Gasteiger partial charge in [0.05, 0.1) is 6.10 Å². The largest absolute Gasteiger partial charge is 0.461 e. The number of anilines is 2. The van der Waals surface area contributed by atoms with E-state index in [4.69, 9.17) is 10.5 Å². The fourth-order valence-electron chi connectivity index (χ4n) is 1.31. The van der Waals surface area contributed by atoms with E-state index >= 15 is 0 Å². The first kappa shape index (κ1) is 15.3. The Hall–Kier alpha value is -1.80. The number of hydrogen-bond donors (Lipinski definition) is 1. The number of rotatable bonds is 5. The fourth-order valence-corrected chi connectivity index (χ4v) is 1.31. The molecule has 2 N–H and O–H groups in total. The van der Waals surface area contributed by atoms with Crippen molar-refractivity contribution in [1.29, 1.82) is 0 Å². The topological polar surface area (TPSA) is 77.2 Å². The SMILES string of the molecule is CCN(CC(F)(F)F)c1nc(N)nc(OC(C)C)n1. The molecule has 0 saturated carbocycles. The molecule has 6 nitrogen and oxygen atoms in total. The molecule has 1 aromatic heterocycles. The van der Waals surface area contributed by atoms with Crippen LogP contribution >= 0.6 is 0 Å². The highest BCUT2D eigenvalue weighted by Crippen LogP contribution is 2.21. The van der Waals surface area contributed by atoms with Gasteiger partial charge in [0.15, 0.2) is 0 Å². The number of aromatic nitrogens is 3. The van der Waals surface area contributed by atoms with Crippen LogP contribution in [0.4, 0.5) is 25.1 Å². The van der Waals surface area contributed by atoms with Gasteiger partial charge in [-0.1, -0.05) is 0 Å². The van der Waals surface area contributed by atoms with Crippen molar-refractivity contribution in [3.05, 3.63) is 0 Å². The van der Waals surface area contributed by atoms with E-state index in [1.54, 1.807) is 20.8 Å². The fraction of sp³-hybridized carbons (Fsp3) is 0.700. The first-order valence-electron chi connectivity index (χ1n) is 5.71. The smallest absolute Gasteiger partial charge is 0.406 e. The number of halogens is 3. The van der Waals surface area contributed by atoms with Gasteiger partial charge in [-0.2, -0.15) is 28.1 Å². The van der Waals surface area contributed by atoms with Gasteiger partial charge in [0, 0.05) is 6.54 Å². The Balaban J connectivity index is 3.00. The monoisotopic (exact) mass is 279 g/mol. The summed E-state index contributed by atoms with van der Waals surface area (Å²) < 4.78 is 42.5. The molecule has 0 spiro atoms. The molecule has 0 unspecified atom stereocenters. The van der Waals surface area contributed by atoms with E-state index in [1.165, 1.54) is 0 Å². The van der Waals surface area contributed by atoms with Crippen molar-refractivity contribution in [3.8, 4) is 6.01 Å². The maximum absolute atomic E-state index is 12.4. The van der Waals surface area contributed by atoms with E-state index < -0.39 is 12.7 Å². The Morgan fingerprint density at radius 3 is 2.37 bits per heavy atom. The zero-order valence-electron chi connectivity index (χ0n) is 10.9. The van der Waals surface area contributed by atoms with Gasteiger partial charge in [0.1, 0.15) is 6.54 Å². The molecule has 0 aliphatic carbocycles. The summed E-state index contributed by atoms with van der Waals surface area (Å²) in [6.45, 7) is 3.98. The number of hydrogen-bond acceptors (Lipinski definition) is 6. The first-order valence-corrected chi connectivity index (χ1v) is 5.71. The van der Waals surface area contributed by atoms with Gasteiger partial charge < -0.3 is 15.4 Å². The number of nitrogen functional groups attached to an aromatic ring is 1. The van der Waals surface area contributed by atoms with Crippen molar-refractivity contribution in [2.75, 3.05) is 23.7 Å². The molecule has 19 heavy (non-hydrogen) atoms. The summed E-state index contributed by atoms with van der Waals surface area (Å²) in [5.41, 5.74) is 5.44. The highest BCUT2D eigenvalue weighted by molar-refractivity contribution is 5.36. The molecule has 1 aromatic rings. The quantitative estimate of drug-likeness (QED) is 0.882. The minimum atomic E-state index is -4.35. The Kier molecular flexibility index (Phi) is 4.73. The van der Waals surface area contributed by atoms with Crippen molar-refractivity contribution in [2.45, 2.75) is 33.1 Å². The molecule has 0 saturated heterocycles. The van der Waals surface area contributed by atoms with Gasteiger partial charge in [0.2, 0.25) is 11.9 Å². The summed E-state index contributed by atoms with van der Waals surface area (Å²) in [5.74, 6) is -0.329. The van der Waals surface area contributed by atoms with Crippen LogP contribution in [0.3, 0.4) is 0 Å². The molecule has 0 amide bonds. The summed E-state index contributed by atoms with van der Waals surface area (Å²) >= 11 is 0. The lowest BCUT2D eigenvalue weighted by Crippen LogP contribution is -2.35. The molecule has 0 aromatic carbocycles. The average molecular weight is 279 g/mol. The maximum Gasteiger partial charge on any atom is 0.406 e. The third-order valence-corrected chi connectivity index (χ3v) is 2.00. The molecule has 1 heterocycles. The molecular weight excluding hydrogens is 263 g/mol. The maximum atomic E-state index is 12.4. The van der Waals surface area contributed by atoms with E-state index in [0.717, 1.165) is 4.90 Å². The van der Waals surface area contributed by atoms with Crippen LogP contribution < -0.4 is 15.4 Å². The molecule has 0 radical (unpaired) electrons. The van der Waals surface area contributed by atoms with Crippen LogP contribution in [0.2, 0.25) is 0 Å². The minimum absolute atomic E-state index is 0.0851. The lowest BCUT2D eigenvalue weighted by molar-refractivity contribution is -0.119. The third-order valence-electron chi connectivity index (χ3n) is 2.00. The molecule has 0 atom stereocenters. The van der Waals surface area contributed by atoms with Crippen LogP contribution in [0.15, 0.2) is 0 Å². The van der Waals surface area contributed by atoms with Crippen LogP contribution in [0, 0.1) is 0 Å². The van der Waals surface area contributed by atoms with E-state index in [9.17, 15) is 13.2 Å². The van der Waals surface area contributed by atoms with Crippen LogP contribution in [-0.4, -0.2) is 40.3 Å². The lowest BCUT2D eigenvalue weighted by Gasteiger charge is -2.22. The van der Waals surface area contributed by atoms with E-state index in [-0.39, 0.29) is 30.6 Å². The van der Waals surface area contributed by atoms with Crippen LogP contribution in [-0.2, 0) is 0 Å². The standard InChI is InChI=1S/C10H16F3N5O/c1-4-18(5-10(11,12)13)8-15-7(14)16-9(17-8)19-6(2)3/h6H,4-5H2,1-3H3,(H2,14,15,16,17). The number of nitrogens with zero attached hydrogens (tertiary/aromatic N) is 4. The normalized spacial score (nSPS) is 11.7. The van der Waals surface area contributed by atoms with Crippen molar-refractivity contribution < 1.29 is 17.9 Å². The molecule has 0 aliphatic heterocycles. The Bertz CT molecular complexity index is 424. The van der Waals surface area contributed by atoms with Gasteiger partial charge >= 0.3 is 12.2 Å². The zero-order chi connectivity index (χ0) is 14.6. The van der Waals surface area contributed by atoms with Crippen LogP contribution in [0.1, 0.15) is 20.8 Å². The van der Waals surface area contributed by atoms with Gasteiger partial charge in [0.25, 0.3) is 0 Å². The Labute approximate surface area is 108 Å². The average Bonchev–Trinajstić information content (AvgIpc) is 2.22. The Morgan fingerprint density at radius 2 is 1.89 bits per heavy atom. The number of alkyl halides is 3. The van der Waals surface area contributed by atoms with Crippen molar-refractivity contribution >= 4 is 11.9 Å². The molecule has 9 heteroatoms. The third kappa shape index (κ3) is 5.14. The molecule has 108 valence electrons. The predicted molar refractivity (Wildman–Crippen MR) is 63.9 cm³/mol. The predicted octanol–water partition coefficient (Wildman–Crippen LogP) is 1.63. The van der Waals surface area contributed by atoms with E-state index in [2.05, 4.69) is 15.0 Å². The van der Waals surface area contributed by atoms with Gasteiger partial charge in [-0.25, -0.2) is 0 Å². The van der Waals surface area contributed by atoms with Crippen LogP contribution in [0.25, 0.3) is 0 Å². The van der Waals surface area contributed by atoms with E-state index in [0.29, 0.717) is 0 Å². The van der Waals surface area contributed by atoms with Crippen molar-refractivity contribution in [2.24, 2.45) is 0 Å². The van der Waals surface area contributed by atoms with Gasteiger partial charge in [-0.15, -0.1) is 0 Å². The lowest BCUT2D eigenvalue weighted by atomic mass is 10.5. The first-order chi connectivity index (χ1) is 8.71. The number of nitrogens with two attached hydrogens (primary N) is 1. The molecule has 0 fully saturated rings. The second-order valence-corrected chi connectivity index (χ2v) is 4.07. The molecule has 0 aliphatic rings. The summed E-state index contributed by atoms with van der Waals surface area (Å²) in [4.78, 5) is 12.2. The summed E-state index contributed by atoms with van der Waals surface area (Å²) in [7, 11) is 0. The summed E-state index contributed by atoms with van der Waals surface area (Å²) in [5, 5.41) is 0. The van der Waals surface area contributed by atoms with Crippen LogP contribution in [0.5, 0.6) is 6.01 Å². The molecule has 0 bridgehead atoms.